The Balaban J connectivity index is 2.22. The standard InChI is InChI=1S/C16H23N3O3S/c1-4-11(3)19(8-12-6-7-23-10-12)9-13-14(15(20)22-5-2)18-16(21)17-13/h6-7,10-11H,4-5,8-9H2,1-3H3,(H2,17,18,21)/t11-/m0/s1. The van der Waals surface area contributed by atoms with Gasteiger partial charge in [-0.15, -0.1) is 0 Å². The smallest absolute Gasteiger partial charge is 0.356 e. The maximum atomic E-state index is 12.0. The van der Waals surface area contributed by atoms with Gasteiger partial charge < -0.3 is 9.72 Å². The number of nitrogens with zero attached hydrogens (tertiary/aromatic N) is 1. The molecule has 126 valence electrons. The first kappa shape index (κ1) is 17.5. The topological polar surface area (TPSA) is 78.2 Å². The number of ether oxygens (including phenoxy) is 1. The molecule has 0 aromatic carbocycles. The van der Waals surface area contributed by atoms with Crippen LogP contribution in [0.1, 0.15) is 48.9 Å². The van der Waals surface area contributed by atoms with Gasteiger partial charge in [-0.05, 0) is 42.7 Å². The van der Waals surface area contributed by atoms with E-state index in [1.165, 1.54) is 5.56 Å². The molecule has 0 fully saturated rings. The Morgan fingerprint density at radius 3 is 2.74 bits per heavy atom. The number of carbonyl (C=O) groups excluding carboxylic acids is 1. The molecule has 2 rings (SSSR count). The van der Waals surface area contributed by atoms with Crippen LogP contribution in [0.15, 0.2) is 21.6 Å². The van der Waals surface area contributed by atoms with E-state index in [0.717, 1.165) is 13.0 Å². The molecule has 0 radical (unpaired) electrons. The second kappa shape index (κ2) is 8.12. The fourth-order valence-corrected chi connectivity index (χ4v) is 3.02. The molecular formula is C16H23N3O3S. The van der Waals surface area contributed by atoms with Crippen molar-refractivity contribution in [3.63, 3.8) is 0 Å². The average molecular weight is 337 g/mol. The monoisotopic (exact) mass is 337 g/mol. The van der Waals surface area contributed by atoms with Crippen LogP contribution in [0.4, 0.5) is 0 Å². The third-order valence-electron chi connectivity index (χ3n) is 3.83. The molecule has 0 amide bonds. The van der Waals surface area contributed by atoms with Crippen molar-refractivity contribution in [1.29, 1.82) is 0 Å². The van der Waals surface area contributed by atoms with Crippen LogP contribution < -0.4 is 5.69 Å². The highest BCUT2D eigenvalue weighted by molar-refractivity contribution is 7.07. The Morgan fingerprint density at radius 1 is 1.35 bits per heavy atom. The molecule has 0 aliphatic heterocycles. The number of aromatic amines is 2. The molecule has 23 heavy (non-hydrogen) atoms. The predicted octanol–water partition coefficient (Wildman–Crippen LogP) is 2.74. The largest absolute Gasteiger partial charge is 0.461 e. The summed E-state index contributed by atoms with van der Waals surface area (Å²) in [5, 5.41) is 4.16. The minimum absolute atomic E-state index is 0.218. The molecule has 6 nitrogen and oxygen atoms in total. The lowest BCUT2D eigenvalue weighted by Crippen LogP contribution is -2.32. The summed E-state index contributed by atoms with van der Waals surface area (Å²) in [5.74, 6) is -0.500. The summed E-state index contributed by atoms with van der Waals surface area (Å²) in [6.45, 7) is 7.53. The second-order valence-corrected chi connectivity index (χ2v) is 6.23. The molecule has 1 atom stereocenters. The van der Waals surface area contributed by atoms with Crippen molar-refractivity contribution in [2.75, 3.05) is 6.61 Å². The van der Waals surface area contributed by atoms with Crippen molar-refractivity contribution in [2.24, 2.45) is 0 Å². The normalized spacial score (nSPS) is 12.5. The Labute approximate surface area is 139 Å². The quantitative estimate of drug-likeness (QED) is 0.726. The number of rotatable bonds is 8. The molecule has 0 aliphatic carbocycles. The van der Waals surface area contributed by atoms with Crippen LogP contribution in [-0.4, -0.2) is 33.5 Å². The van der Waals surface area contributed by atoms with Crippen molar-refractivity contribution in [1.82, 2.24) is 14.9 Å². The average Bonchev–Trinajstić information content (AvgIpc) is 3.15. The highest BCUT2D eigenvalue weighted by atomic mass is 32.1. The summed E-state index contributed by atoms with van der Waals surface area (Å²) >= 11 is 1.66. The molecule has 0 bridgehead atoms. The third-order valence-corrected chi connectivity index (χ3v) is 4.56. The highest BCUT2D eigenvalue weighted by Crippen LogP contribution is 2.17. The molecule has 7 heteroatoms. The molecule has 0 aliphatic rings. The summed E-state index contributed by atoms with van der Waals surface area (Å²) in [4.78, 5) is 31.1. The Hall–Kier alpha value is -1.86. The fraction of sp³-hybridized carbons (Fsp3) is 0.500. The van der Waals surface area contributed by atoms with E-state index in [-0.39, 0.29) is 18.0 Å². The Bertz CT molecular complexity index is 675. The maximum Gasteiger partial charge on any atom is 0.356 e. The number of hydrogen-bond donors (Lipinski definition) is 2. The number of imidazole rings is 1. The zero-order chi connectivity index (χ0) is 16.8. The molecule has 2 heterocycles. The van der Waals surface area contributed by atoms with E-state index >= 15 is 0 Å². The van der Waals surface area contributed by atoms with Crippen molar-refractivity contribution in [3.05, 3.63) is 44.3 Å². The zero-order valence-electron chi connectivity index (χ0n) is 13.7. The minimum Gasteiger partial charge on any atom is -0.461 e. The summed E-state index contributed by atoms with van der Waals surface area (Å²) in [6.07, 6.45) is 0.980. The lowest BCUT2D eigenvalue weighted by Gasteiger charge is -2.27. The van der Waals surface area contributed by atoms with Gasteiger partial charge in [0.25, 0.3) is 0 Å². The Kier molecular flexibility index (Phi) is 6.18. The molecule has 0 spiro atoms. The van der Waals surface area contributed by atoms with Crippen molar-refractivity contribution in [3.8, 4) is 0 Å². The van der Waals surface area contributed by atoms with E-state index in [1.54, 1.807) is 18.3 Å². The van der Waals surface area contributed by atoms with Crippen molar-refractivity contribution in [2.45, 2.75) is 46.3 Å². The van der Waals surface area contributed by atoms with E-state index in [0.29, 0.717) is 18.3 Å². The number of thiophene rings is 1. The van der Waals surface area contributed by atoms with Crippen LogP contribution in [0.3, 0.4) is 0 Å². The van der Waals surface area contributed by atoms with E-state index < -0.39 is 5.97 Å². The SMILES string of the molecule is CCOC(=O)c1[nH]c(=O)[nH]c1CN(Cc1ccsc1)[C@@H](C)CC. The number of hydrogen-bond acceptors (Lipinski definition) is 5. The van der Waals surface area contributed by atoms with Gasteiger partial charge in [0.1, 0.15) is 5.69 Å². The molecule has 0 saturated heterocycles. The highest BCUT2D eigenvalue weighted by Gasteiger charge is 2.21. The fourth-order valence-electron chi connectivity index (χ4n) is 2.36. The van der Waals surface area contributed by atoms with E-state index in [2.05, 4.69) is 40.2 Å². The number of carbonyl (C=O) groups is 1. The van der Waals surface area contributed by atoms with Gasteiger partial charge in [0.15, 0.2) is 0 Å². The molecule has 0 unspecified atom stereocenters. The summed E-state index contributed by atoms with van der Waals surface area (Å²) in [7, 11) is 0. The maximum absolute atomic E-state index is 12.0. The molecule has 2 aromatic heterocycles. The predicted molar refractivity (Wildman–Crippen MR) is 90.7 cm³/mol. The van der Waals surface area contributed by atoms with Crippen molar-refractivity contribution >= 4 is 17.3 Å². The van der Waals surface area contributed by atoms with Crippen LogP contribution in [0.2, 0.25) is 0 Å². The number of H-pyrrole nitrogens is 2. The lowest BCUT2D eigenvalue weighted by atomic mass is 10.1. The molecule has 2 aromatic rings. The second-order valence-electron chi connectivity index (χ2n) is 5.45. The van der Waals surface area contributed by atoms with Gasteiger partial charge in [0.05, 0.1) is 12.3 Å². The van der Waals surface area contributed by atoms with Crippen LogP contribution in [0, 0.1) is 0 Å². The minimum atomic E-state index is -0.500. The van der Waals surface area contributed by atoms with Crippen molar-refractivity contribution < 1.29 is 9.53 Å². The van der Waals surface area contributed by atoms with Gasteiger partial charge in [-0.25, -0.2) is 9.59 Å². The van der Waals surface area contributed by atoms with Crippen LogP contribution >= 0.6 is 11.3 Å². The van der Waals surface area contributed by atoms with Crippen LogP contribution in [0.5, 0.6) is 0 Å². The van der Waals surface area contributed by atoms with E-state index in [1.807, 2.05) is 5.38 Å². The summed E-state index contributed by atoms with van der Waals surface area (Å²) in [6, 6.07) is 2.41. The first-order chi connectivity index (χ1) is 11.0. The Morgan fingerprint density at radius 2 is 2.13 bits per heavy atom. The van der Waals surface area contributed by atoms with Gasteiger partial charge in [0, 0.05) is 19.1 Å². The first-order valence-corrected chi connectivity index (χ1v) is 8.72. The van der Waals surface area contributed by atoms with Gasteiger partial charge in [-0.2, -0.15) is 11.3 Å². The number of aromatic nitrogens is 2. The zero-order valence-corrected chi connectivity index (χ0v) is 14.5. The molecular weight excluding hydrogens is 314 g/mol. The van der Waals surface area contributed by atoms with Gasteiger partial charge in [0.2, 0.25) is 0 Å². The summed E-state index contributed by atoms with van der Waals surface area (Å²) in [5.41, 5.74) is 1.63. The van der Waals surface area contributed by atoms with E-state index in [4.69, 9.17) is 4.74 Å². The molecule has 0 saturated carbocycles. The van der Waals surface area contributed by atoms with Crippen LogP contribution in [-0.2, 0) is 17.8 Å². The molecule has 2 N–H and O–H groups in total. The number of esters is 1. The van der Waals surface area contributed by atoms with Gasteiger partial charge in [-0.1, -0.05) is 6.92 Å². The van der Waals surface area contributed by atoms with Crippen LogP contribution in [0.25, 0.3) is 0 Å². The van der Waals surface area contributed by atoms with Gasteiger partial charge >= 0.3 is 11.7 Å². The first-order valence-electron chi connectivity index (χ1n) is 7.78. The van der Waals surface area contributed by atoms with E-state index in [9.17, 15) is 9.59 Å². The number of nitrogens with one attached hydrogen (secondary N) is 2. The summed E-state index contributed by atoms with van der Waals surface area (Å²) < 4.78 is 5.01. The van der Waals surface area contributed by atoms with Gasteiger partial charge in [-0.3, -0.25) is 9.88 Å². The lowest BCUT2D eigenvalue weighted by molar-refractivity contribution is 0.0516. The third kappa shape index (κ3) is 4.56.